The summed E-state index contributed by atoms with van der Waals surface area (Å²) >= 11 is 0. The number of hydrogen-bond acceptors (Lipinski definition) is 3. The van der Waals surface area contributed by atoms with Gasteiger partial charge in [0.15, 0.2) is 0 Å². The van der Waals surface area contributed by atoms with Crippen LogP contribution in [0.2, 0.25) is 0 Å². The number of hydrogen-bond donors (Lipinski definition) is 1. The predicted octanol–water partition coefficient (Wildman–Crippen LogP) is 1.95. The van der Waals surface area contributed by atoms with Crippen molar-refractivity contribution in [2.45, 2.75) is 13.0 Å². The lowest BCUT2D eigenvalue weighted by molar-refractivity contribution is -0.385. The second-order valence-electron chi connectivity index (χ2n) is 2.91. The van der Waals surface area contributed by atoms with Crippen LogP contribution in [0.1, 0.15) is 5.56 Å². The average molecular weight is 216 g/mol. The number of nitrogens with zero attached hydrogens (tertiary/aromatic N) is 1. The summed E-state index contributed by atoms with van der Waals surface area (Å²) in [7, 11) is 0. The maximum absolute atomic E-state index is 11.8. The lowest BCUT2D eigenvalue weighted by atomic mass is 10.2. The Bertz CT molecular complexity index is 345. The molecule has 6 heteroatoms. The standard InChI is InChI=1S/C9H10F2N2O2/c10-9(11)6-12-5-7-3-1-2-4-8(7)13(14)15/h1-4,9,12H,5-6H2. The van der Waals surface area contributed by atoms with Crippen molar-refractivity contribution < 1.29 is 13.7 Å². The molecule has 1 N–H and O–H groups in total. The largest absolute Gasteiger partial charge is 0.307 e. The van der Waals surface area contributed by atoms with Crippen LogP contribution in [0.4, 0.5) is 14.5 Å². The molecule has 0 atom stereocenters. The number of para-hydroxylation sites is 1. The van der Waals surface area contributed by atoms with Gasteiger partial charge in [0, 0.05) is 18.2 Å². The van der Waals surface area contributed by atoms with Crippen molar-refractivity contribution in [2.75, 3.05) is 6.54 Å². The van der Waals surface area contributed by atoms with Gasteiger partial charge in [0.1, 0.15) is 0 Å². The minimum Gasteiger partial charge on any atom is -0.307 e. The average Bonchev–Trinajstić information content (AvgIpc) is 2.17. The zero-order valence-corrected chi connectivity index (χ0v) is 7.82. The molecule has 0 aliphatic heterocycles. The van der Waals surface area contributed by atoms with Crippen molar-refractivity contribution in [3.63, 3.8) is 0 Å². The number of halogens is 2. The van der Waals surface area contributed by atoms with Gasteiger partial charge in [-0.05, 0) is 0 Å². The Morgan fingerprint density at radius 1 is 1.40 bits per heavy atom. The molecule has 1 aromatic carbocycles. The first-order valence-electron chi connectivity index (χ1n) is 4.32. The monoisotopic (exact) mass is 216 g/mol. The second kappa shape index (κ2) is 5.35. The number of alkyl halides is 2. The molecule has 0 amide bonds. The zero-order chi connectivity index (χ0) is 11.3. The normalized spacial score (nSPS) is 10.6. The number of nitro benzene ring substituents is 1. The Hall–Kier alpha value is -1.56. The summed E-state index contributed by atoms with van der Waals surface area (Å²) < 4.78 is 23.6. The van der Waals surface area contributed by atoms with Crippen molar-refractivity contribution in [2.24, 2.45) is 0 Å². The van der Waals surface area contributed by atoms with Gasteiger partial charge >= 0.3 is 0 Å². The van der Waals surface area contributed by atoms with E-state index in [1.54, 1.807) is 6.07 Å². The fourth-order valence-electron chi connectivity index (χ4n) is 1.15. The first-order chi connectivity index (χ1) is 7.11. The Kier molecular flexibility index (Phi) is 4.11. The zero-order valence-electron chi connectivity index (χ0n) is 7.82. The molecule has 0 fully saturated rings. The summed E-state index contributed by atoms with van der Waals surface area (Å²) in [6.45, 7) is -0.395. The minimum absolute atomic E-state index is 0.0562. The molecule has 0 unspecified atom stereocenters. The Morgan fingerprint density at radius 3 is 2.67 bits per heavy atom. The van der Waals surface area contributed by atoms with Crippen molar-refractivity contribution in [3.8, 4) is 0 Å². The van der Waals surface area contributed by atoms with Gasteiger partial charge in [0.2, 0.25) is 0 Å². The number of rotatable bonds is 5. The highest BCUT2D eigenvalue weighted by atomic mass is 19.3. The molecule has 1 rings (SSSR count). The van der Waals surface area contributed by atoms with Gasteiger partial charge < -0.3 is 5.32 Å². The molecule has 1 aromatic rings. The highest BCUT2D eigenvalue weighted by Crippen LogP contribution is 2.16. The van der Waals surface area contributed by atoms with Crippen molar-refractivity contribution in [1.82, 2.24) is 5.32 Å². The lowest BCUT2D eigenvalue weighted by Crippen LogP contribution is -2.21. The molecule has 0 bridgehead atoms. The molecule has 0 spiro atoms. The summed E-state index contributed by atoms with van der Waals surface area (Å²) in [5.74, 6) is 0. The van der Waals surface area contributed by atoms with Gasteiger partial charge in [-0.2, -0.15) is 0 Å². The molecule has 0 saturated heterocycles. The van der Waals surface area contributed by atoms with Gasteiger partial charge in [0.25, 0.3) is 12.1 Å². The van der Waals surface area contributed by atoms with E-state index in [-0.39, 0.29) is 12.2 Å². The van der Waals surface area contributed by atoms with E-state index in [0.29, 0.717) is 5.56 Å². The van der Waals surface area contributed by atoms with Crippen molar-refractivity contribution >= 4 is 5.69 Å². The van der Waals surface area contributed by atoms with Crippen LogP contribution >= 0.6 is 0 Å². The minimum atomic E-state index is -2.45. The van der Waals surface area contributed by atoms with Gasteiger partial charge in [0.05, 0.1) is 11.5 Å². The fourth-order valence-corrected chi connectivity index (χ4v) is 1.15. The van der Waals surface area contributed by atoms with Gasteiger partial charge in [-0.3, -0.25) is 10.1 Å². The van der Waals surface area contributed by atoms with E-state index in [4.69, 9.17) is 0 Å². The molecule has 15 heavy (non-hydrogen) atoms. The van der Waals surface area contributed by atoms with E-state index in [2.05, 4.69) is 5.32 Å². The van der Waals surface area contributed by atoms with Crippen LogP contribution in [0, 0.1) is 10.1 Å². The van der Waals surface area contributed by atoms with E-state index in [9.17, 15) is 18.9 Å². The predicted molar refractivity (Wildman–Crippen MR) is 50.8 cm³/mol. The Labute approximate surface area is 85.1 Å². The van der Waals surface area contributed by atoms with E-state index >= 15 is 0 Å². The second-order valence-corrected chi connectivity index (χ2v) is 2.91. The van der Waals surface area contributed by atoms with Crippen molar-refractivity contribution in [1.29, 1.82) is 0 Å². The van der Waals surface area contributed by atoms with Gasteiger partial charge in [-0.25, -0.2) is 8.78 Å². The van der Waals surface area contributed by atoms with Crippen LogP contribution in [0.3, 0.4) is 0 Å². The van der Waals surface area contributed by atoms with Crippen LogP contribution in [0.5, 0.6) is 0 Å². The third-order valence-electron chi connectivity index (χ3n) is 1.80. The Morgan fingerprint density at radius 2 is 2.07 bits per heavy atom. The number of benzene rings is 1. The third kappa shape index (κ3) is 3.59. The number of nitrogens with one attached hydrogen (secondary N) is 1. The van der Waals surface area contributed by atoms with Crippen LogP contribution < -0.4 is 5.32 Å². The lowest BCUT2D eigenvalue weighted by Gasteiger charge is -2.04. The molecular formula is C9H10F2N2O2. The van der Waals surface area contributed by atoms with Crippen LogP contribution in [0.15, 0.2) is 24.3 Å². The highest BCUT2D eigenvalue weighted by Gasteiger charge is 2.12. The summed E-state index contributed by atoms with van der Waals surface area (Å²) in [5.41, 5.74) is 0.349. The topological polar surface area (TPSA) is 55.2 Å². The smallest absolute Gasteiger partial charge is 0.273 e. The molecule has 0 saturated carbocycles. The van der Waals surface area contributed by atoms with Crippen molar-refractivity contribution in [3.05, 3.63) is 39.9 Å². The fraction of sp³-hybridized carbons (Fsp3) is 0.333. The summed E-state index contributed by atoms with van der Waals surface area (Å²) in [6, 6.07) is 6.05. The molecule has 0 heterocycles. The molecule has 0 aliphatic rings. The van der Waals surface area contributed by atoms with E-state index in [1.165, 1.54) is 18.2 Å². The molecule has 4 nitrogen and oxygen atoms in total. The SMILES string of the molecule is O=[N+]([O-])c1ccccc1CNCC(F)F. The van der Waals surface area contributed by atoms with E-state index in [0.717, 1.165) is 0 Å². The first-order valence-corrected chi connectivity index (χ1v) is 4.32. The summed E-state index contributed by atoms with van der Waals surface area (Å²) in [4.78, 5) is 10.0. The van der Waals surface area contributed by atoms with Crippen LogP contribution in [-0.2, 0) is 6.54 Å². The summed E-state index contributed by atoms with van der Waals surface area (Å²) in [6.07, 6.45) is -2.45. The van der Waals surface area contributed by atoms with E-state index in [1.807, 2.05) is 0 Å². The maximum Gasteiger partial charge on any atom is 0.273 e. The molecular weight excluding hydrogens is 206 g/mol. The van der Waals surface area contributed by atoms with Crippen LogP contribution in [-0.4, -0.2) is 17.9 Å². The molecule has 0 aromatic heterocycles. The number of nitro groups is 1. The maximum atomic E-state index is 11.8. The quantitative estimate of drug-likeness (QED) is 0.604. The molecule has 0 aliphatic carbocycles. The van der Waals surface area contributed by atoms with E-state index < -0.39 is 17.9 Å². The van der Waals surface area contributed by atoms with Gasteiger partial charge in [-0.1, -0.05) is 18.2 Å². The first kappa shape index (κ1) is 11.5. The molecule has 82 valence electrons. The highest BCUT2D eigenvalue weighted by molar-refractivity contribution is 5.39. The van der Waals surface area contributed by atoms with Crippen LogP contribution in [0.25, 0.3) is 0 Å². The summed E-state index contributed by atoms with van der Waals surface area (Å²) in [5, 5.41) is 13.0. The Balaban J connectivity index is 2.63. The van der Waals surface area contributed by atoms with Gasteiger partial charge in [-0.15, -0.1) is 0 Å². The molecule has 0 radical (unpaired) electrons. The third-order valence-corrected chi connectivity index (χ3v) is 1.80.